The number of nitrogens with zero attached hydrogens (tertiary/aromatic N) is 3. The maximum atomic E-state index is 13.3. The maximum Gasteiger partial charge on any atom is 0.251 e. The van der Waals surface area contributed by atoms with E-state index in [-0.39, 0.29) is 31.3 Å². The third-order valence-electron chi connectivity index (χ3n) is 6.13. The molecule has 0 aromatic heterocycles. The molecule has 2 aromatic rings. The fourth-order valence-corrected chi connectivity index (χ4v) is 6.80. The molecule has 0 radical (unpaired) electrons. The van der Waals surface area contributed by atoms with Crippen LogP contribution in [-0.2, 0) is 19.6 Å². The molecule has 4 rings (SSSR count). The standard InChI is InChI=1S/C23H26ClN3O4S/c1-15-12-16(2)22(17(3)13-15)32(30,31)26-10-8-25(9-11-26)20-14-21(28)27(23(20)29)19-7-5-4-6-18(19)24/h4-7,12-13,20H,8-11,14H2,1-3H3/t20-/m0/s1. The predicted octanol–water partition coefficient (Wildman–Crippen LogP) is 2.90. The van der Waals surface area contributed by atoms with Gasteiger partial charge in [0.1, 0.15) is 0 Å². The Morgan fingerprint density at radius 3 is 2.12 bits per heavy atom. The molecule has 2 saturated heterocycles. The van der Waals surface area contributed by atoms with E-state index in [1.54, 1.807) is 24.3 Å². The van der Waals surface area contributed by atoms with Crippen LogP contribution in [0.2, 0.25) is 5.02 Å². The molecule has 170 valence electrons. The monoisotopic (exact) mass is 475 g/mol. The van der Waals surface area contributed by atoms with Crippen LogP contribution in [0, 0.1) is 20.8 Å². The van der Waals surface area contributed by atoms with Crippen molar-refractivity contribution in [2.24, 2.45) is 0 Å². The summed E-state index contributed by atoms with van der Waals surface area (Å²) in [7, 11) is -3.64. The van der Waals surface area contributed by atoms with Crippen LogP contribution in [0.25, 0.3) is 0 Å². The molecule has 0 aliphatic carbocycles. The molecule has 2 amide bonds. The number of hydrogen-bond donors (Lipinski definition) is 0. The Bertz CT molecular complexity index is 1170. The Labute approximate surface area is 193 Å². The highest BCUT2D eigenvalue weighted by Gasteiger charge is 2.44. The largest absolute Gasteiger partial charge is 0.289 e. The van der Waals surface area contributed by atoms with Gasteiger partial charge in [0.25, 0.3) is 5.91 Å². The van der Waals surface area contributed by atoms with Crippen molar-refractivity contribution in [1.82, 2.24) is 9.21 Å². The quantitative estimate of drug-likeness (QED) is 0.635. The van der Waals surface area contributed by atoms with Gasteiger partial charge in [-0.25, -0.2) is 13.3 Å². The van der Waals surface area contributed by atoms with Gasteiger partial charge in [-0.2, -0.15) is 4.31 Å². The highest BCUT2D eigenvalue weighted by molar-refractivity contribution is 7.89. The molecule has 0 N–H and O–H groups in total. The van der Waals surface area contributed by atoms with Gasteiger partial charge in [-0.05, 0) is 44.0 Å². The second kappa shape index (κ2) is 8.59. The predicted molar refractivity (Wildman–Crippen MR) is 123 cm³/mol. The van der Waals surface area contributed by atoms with Crippen molar-refractivity contribution in [3.05, 3.63) is 58.1 Å². The van der Waals surface area contributed by atoms with Gasteiger partial charge in [-0.3, -0.25) is 14.5 Å². The molecular formula is C23H26ClN3O4S. The van der Waals surface area contributed by atoms with Gasteiger partial charge in [-0.15, -0.1) is 0 Å². The summed E-state index contributed by atoms with van der Waals surface area (Å²) in [5.74, 6) is -0.612. The zero-order valence-electron chi connectivity index (χ0n) is 18.3. The Morgan fingerprint density at radius 1 is 0.938 bits per heavy atom. The van der Waals surface area contributed by atoms with E-state index in [0.29, 0.717) is 28.7 Å². The lowest BCUT2D eigenvalue weighted by atomic mass is 10.1. The minimum Gasteiger partial charge on any atom is -0.289 e. The average molecular weight is 476 g/mol. The molecule has 0 spiro atoms. The topological polar surface area (TPSA) is 78.0 Å². The Kier molecular flexibility index (Phi) is 6.15. The number of piperazine rings is 1. The molecule has 2 aliphatic heterocycles. The number of carbonyl (C=O) groups is 2. The lowest BCUT2D eigenvalue weighted by Crippen LogP contribution is -2.53. The molecule has 0 unspecified atom stereocenters. The van der Waals surface area contributed by atoms with Crippen LogP contribution in [0.15, 0.2) is 41.3 Å². The first-order valence-corrected chi connectivity index (χ1v) is 12.4. The first kappa shape index (κ1) is 22.9. The van der Waals surface area contributed by atoms with E-state index >= 15 is 0 Å². The second-order valence-electron chi connectivity index (χ2n) is 8.41. The minimum absolute atomic E-state index is 0.0625. The Balaban J connectivity index is 1.49. The van der Waals surface area contributed by atoms with Gasteiger partial charge in [0, 0.05) is 26.2 Å². The number of para-hydroxylation sites is 1. The molecule has 2 aromatic carbocycles. The summed E-state index contributed by atoms with van der Waals surface area (Å²) in [4.78, 5) is 29.1. The first-order valence-electron chi connectivity index (χ1n) is 10.5. The molecule has 0 bridgehead atoms. The van der Waals surface area contributed by atoms with Crippen LogP contribution in [0.1, 0.15) is 23.1 Å². The van der Waals surface area contributed by atoms with Crippen molar-refractivity contribution in [1.29, 1.82) is 0 Å². The number of sulfonamides is 1. The van der Waals surface area contributed by atoms with Gasteiger partial charge in [-0.1, -0.05) is 41.4 Å². The summed E-state index contributed by atoms with van der Waals surface area (Å²) in [6, 6.07) is 9.91. The lowest BCUT2D eigenvalue weighted by molar-refractivity contribution is -0.123. The average Bonchev–Trinajstić information content (AvgIpc) is 3.01. The smallest absolute Gasteiger partial charge is 0.251 e. The Hall–Kier alpha value is -2.26. The number of imide groups is 1. The number of halogens is 1. The summed E-state index contributed by atoms with van der Waals surface area (Å²) in [5.41, 5.74) is 2.88. The zero-order chi connectivity index (χ0) is 23.2. The van der Waals surface area contributed by atoms with Crippen LogP contribution < -0.4 is 4.90 Å². The second-order valence-corrected chi connectivity index (χ2v) is 10.7. The number of benzene rings is 2. The molecule has 32 heavy (non-hydrogen) atoms. The fraction of sp³-hybridized carbons (Fsp3) is 0.391. The van der Waals surface area contributed by atoms with E-state index < -0.39 is 16.1 Å². The van der Waals surface area contributed by atoms with E-state index in [2.05, 4.69) is 0 Å². The van der Waals surface area contributed by atoms with Gasteiger partial charge in [0.05, 0.1) is 28.1 Å². The highest BCUT2D eigenvalue weighted by atomic mass is 35.5. The van der Waals surface area contributed by atoms with Crippen LogP contribution in [0.4, 0.5) is 5.69 Å². The maximum absolute atomic E-state index is 13.3. The number of amides is 2. The SMILES string of the molecule is Cc1cc(C)c(S(=O)(=O)N2CCN([C@H]3CC(=O)N(c4ccccc4Cl)C3=O)CC2)c(C)c1. The molecule has 1 atom stereocenters. The van der Waals surface area contributed by atoms with E-state index in [9.17, 15) is 18.0 Å². The van der Waals surface area contributed by atoms with E-state index in [0.717, 1.165) is 21.6 Å². The van der Waals surface area contributed by atoms with Gasteiger partial charge < -0.3 is 0 Å². The van der Waals surface area contributed by atoms with Crippen molar-refractivity contribution in [2.75, 3.05) is 31.1 Å². The van der Waals surface area contributed by atoms with Crippen molar-refractivity contribution < 1.29 is 18.0 Å². The van der Waals surface area contributed by atoms with Gasteiger partial charge in [0.2, 0.25) is 15.9 Å². The highest BCUT2D eigenvalue weighted by Crippen LogP contribution is 2.32. The molecule has 9 heteroatoms. The fourth-order valence-electron chi connectivity index (χ4n) is 4.75. The summed E-state index contributed by atoms with van der Waals surface area (Å²) < 4.78 is 28.1. The summed E-state index contributed by atoms with van der Waals surface area (Å²) in [5, 5.41) is 0.342. The number of hydrogen-bond acceptors (Lipinski definition) is 5. The third-order valence-corrected chi connectivity index (χ3v) is 8.66. The Morgan fingerprint density at radius 2 is 1.53 bits per heavy atom. The zero-order valence-corrected chi connectivity index (χ0v) is 19.9. The van der Waals surface area contributed by atoms with Crippen LogP contribution in [0.3, 0.4) is 0 Å². The van der Waals surface area contributed by atoms with Crippen molar-refractivity contribution in [3.63, 3.8) is 0 Å². The van der Waals surface area contributed by atoms with Crippen molar-refractivity contribution >= 4 is 39.1 Å². The van der Waals surface area contributed by atoms with E-state index in [1.807, 2.05) is 37.8 Å². The number of aryl methyl sites for hydroxylation is 3. The lowest BCUT2D eigenvalue weighted by Gasteiger charge is -2.36. The summed E-state index contributed by atoms with van der Waals surface area (Å²) in [6.45, 7) is 6.86. The van der Waals surface area contributed by atoms with Crippen molar-refractivity contribution in [2.45, 2.75) is 38.1 Å². The van der Waals surface area contributed by atoms with Crippen LogP contribution in [-0.4, -0.2) is 61.7 Å². The van der Waals surface area contributed by atoms with Crippen LogP contribution in [0.5, 0.6) is 0 Å². The van der Waals surface area contributed by atoms with Gasteiger partial charge in [0.15, 0.2) is 0 Å². The van der Waals surface area contributed by atoms with E-state index in [1.165, 1.54) is 4.31 Å². The van der Waals surface area contributed by atoms with Crippen LogP contribution >= 0.6 is 11.6 Å². The van der Waals surface area contributed by atoms with Gasteiger partial charge >= 0.3 is 0 Å². The molecule has 2 aliphatic rings. The summed E-state index contributed by atoms with van der Waals surface area (Å²) in [6.07, 6.45) is 0.0625. The number of rotatable bonds is 4. The molecule has 2 heterocycles. The molecular weight excluding hydrogens is 450 g/mol. The first-order chi connectivity index (χ1) is 15.1. The third kappa shape index (κ3) is 3.96. The number of carbonyl (C=O) groups excluding carboxylic acids is 2. The van der Waals surface area contributed by atoms with Crippen molar-refractivity contribution in [3.8, 4) is 0 Å². The van der Waals surface area contributed by atoms with E-state index in [4.69, 9.17) is 11.6 Å². The minimum atomic E-state index is -3.64. The normalized spacial score (nSPS) is 20.9. The summed E-state index contributed by atoms with van der Waals surface area (Å²) >= 11 is 6.20. The molecule has 2 fully saturated rings. The molecule has 7 nitrogen and oxygen atoms in total. The number of anilines is 1. The molecule has 0 saturated carbocycles.